The van der Waals surface area contributed by atoms with Crippen LogP contribution in [0.3, 0.4) is 0 Å². The van der Waals surface area contributed by atoms with E-state index >= 15 is 0 Å². The summed E-state index contributed by atoms with van der Waals surface area (Å²) in [7, 11) is 1.72. The SMILES string of the molecule is Cc1cc(-c2nc3ccc(F)cc3s2)ccc1NC(=O)c1ccnn1C. The van der Waals surface area contributed by atoms with E-state index in [9.17, 15) is 9.18 Å². The van der Waals surface area contributed by atoms with Gasteiger partial charge in [0.15, 0.2) is 0 Å². The van der Waals surface area contributed by atoms with Gasteiger partial charge in [-0.25, -0.2) is 9.37 Å². The van der Waals surface area contributed by atoms with Gasteiger partial charge in [0, 0.05) is 24.5 Å². The number of aromatic nitrogens is 3. The number of nitrogens with one attached hydrogen (secondary N) is 1. The number of halogens is 1. The minimum Gasteiger partial charge on any atom is -0.320 e. The molecule has 26 heavy (non-hydrogen) atoms. The molecule has 0 aliphatic rings. The Labute approximate surface area is 153 Å². The summed E-state index contributed by atoms with van der Waals surface area (Å²) in [6, 6.07) is 12.0. The summed E-state index contributed by atoms with van der Waals surface area (Å²) >= 11 is 1.44. The van der Waals surface area contributed by atoms with E-state index in [0.717, 1.165) is 32.0 Å². The Balaban J connectivity index is 1.62. The first-order chi connectivity index (χ1) is 12.5. The van der Waals surface area contributed by atoms with Gasteiger partial charge in [0.25, 0.3) is 5.91 Å². The Hall–Kier alpha value is -3.06. The van der Waals surface area contributed by atoms with Crippen LogP contribution in [0.25, 0.3) is 20.8 Å². The van der Waals surface area contributed by atoms with Gasteiger partial charge in [-0.1, -0.05) is 0 Å². The molecule has 2 aromatic heterocycles. The molecule has 0 saturated heterocycles. The number of aryl methyl sites for hydroxylation is 2. The summed E-state index contributed by atoms with van der Waals surface area (Å²) in [4.78, 5) is 16.9. The van der Waals surface area contributed by atoms with Crippen LogP contribution in [0.5, 0.6) is 0 Å². The van der Waals surface area contributed by atoms with Gasteiger partial charge in [-0.2, -0.15) is 5.10 Å². The molecule has 130 valence electrons. The van der Waals surface area contributed by atoms with Crippen LogP contribution in [-0.4, -0.2) is 20.7 Å². The molecule has 0 aliphatic heterocycles. The van der Waals surface area contributed by atoms with E-state index in [1.807, 2.05) is 25.1 Å². The van der Waals surface area contributed by atoms with E-state index in [1.54, 1.807) is 25.4 Å². The first-order valence-electron chi connectivity index (χ1n) is 7.98. The summed E-state index contributed by atoms with van der Waals surface area (Å²) in [5.74, 6) is -0.478. The molecule has 4 aromatic rings. The summed E-state index contributed by atoms with van der Waals surface area (Å²) in [5.41, 5.74) is 3.84. The van der Waals surface area contributed by atoms with Gasteiger partial charge in [0.05, 0.1) is 10.2 Å². The Bertz CT molecular complexity index is 1130. The Morgan fingerprint density at radius 1 is 1.19 bits per heavy atom. The predicted octanol–water partition coefficient (Wildman–Crippen LogP) is 4.40. The van der Waals surface area contributed by atoms with Crippen molar-refractivity contribution in [2.45, 2.75) is 6.92 Å². The minimum atomic E-state index is -0.267. The average molecular weight is 366 g/mol. The zero-order valence-electron chi connectivity index (χ0n) is 14.2. The maximum Gasteiger partial charge on any atom is 0.273 e. The number of hydrogen-bond donors (Lipinski definition) is 1. The Morgan fingerprint density at radius 3 is 2.77 bits per heavy atom. The van der Waals surface area contributed by atoms with Gasteiger partial charge in [0.2, 0.25) is 0 Å². The first kappa shape index (κ1) is 16.4. The Kier molecular flexibility index (Phi) is 4.00. The fraction of sp³-hybridized carbons (Fsp3) is 0.105. The van der Waals surface area contributed by atoms with Crippen LogP contribution in [0.15, 0.2) is 48.7 Å². The van der Waals surface area contributed by atoms with Crippen molar-refractivity contribution in [3.05, 3.63) is 65.7 Å². The minimum absolute atomic E-state index is 0.212. The van der Waals surface area contributed by atoms with Crippen molar-refractivity contribution in [3.8, 4) is 10.6 Å². The number of thiazole rings is 1. The van der Waals surface area contributed by atoms with E-state index in [2.05, 4.69) is 15.4 Å². The largest absolute Gasteiger partial charge is 0.320 e. The summed E-state index contributed by atoms with van der Waals surface area (Å²) < 4.78 is 15.7. The summed E-state index contributed by atoms with van der Waals surface area (Å²) in [6.45, 7) is 1.93. The number of rotatable bonds is 3. The molecule has 2 heterocycles. The normalized spacial score (nSPS) is 11.0. The fourth-order valence-corrected chi connectivity index (χ4v) is 3.73. The third-order valence-corrected chi connectivity index (χ3v) is 5.19. The Morgan fingerprint density at radius 2 is 2.04 bits per heavy atom. The lowest BCUT2D eigenvalue weighted by Gasteiger charge is -2.09. The zero-order valence-corrected chi connectivity index (χ0v) is 15.0. The number of fused-ring (bicyclic) bond motifs is 1. The lowest BCUT2D eigenvalue weighted by molar-refractivity contribution is 0.101. The van der Waals surface area contributed by atoms with Crippen LogP contribution in [0.4, 0.5) is 10.1 Å². The highest BCUT2D eigenvalue weighted by molar-refractivity contribution is 7.21. The zero-order chi connectivity index (χ0) is 18.3. The van der Waals surface area contributed by atoms with Gasteiger partial charge in [-0.3, -0.25) is 9.48 Å². The standard InChI is InChI=1S/C19H15FN4OS/c1-11-9-12(19-23-15-6-4-13(20)10-17(15)26-19)3-5-14(11)22-18(25)16-7-8-21-24(16)2/h3-10H,1-2H3,(H,22,25). The third kappa shape index (κ3) is 2.97. The van der Waals surface area contributed by atoms with Gasteiger partial charge < -0.3 is 5.32 Å². The van der Waals surface area contributed by atoms with Crippen molar-refractivity contribution >= 4 is 33.1 Å². The van der Waals surface area contributed by atoms with Crippen molar-refractivity contribution in [1.29, 1.82) is 0 Å². The second kappa shape index (κ2) is 6.34. The number of carbonyl (C=O) groups excluding carboxylic acids is 1. The van der Waals surface area contributed by atoms with Gasteiger partial charge in [0.1, 0.15) is 16.5 Å². The molecule has 0 unspecified atom stereocenters. The van der Waals surface area contributed by atoms with Crippen LogP contribution in [-0.2, 0) is 7.05 Å². The van der Waals surface area contributed by atoms with Crippen LogP contribution < -0.4 is 5.32 Å². The van der Waals surface area contributed by atoms with Gasteiger partial charge in [-0.05, 0) is 55.0 Å². The highest BCUT2D eigenvalue weighted by Crippen LogP contribution is 2.32. The molecule has 7 heteroatoms. The highest BCUT2D eigenvalue weighted by Gasteiger charge is 2.13. The number of carbonyl (C=O) groups is 1. The smallest absolute Gasteiger partial charge is 0.273 e. The molecule has 0 fully saturated rings. The monoisotopic (exact) mass is 366 g/mol. The maximum atomic E-state index is 13.4. The van der Waals surface area contributed by atoms with Crippen molar-refractivity contribution in [1.82, 2.24) is 14.8 Å². The molecule has 0 saturated carbocycles. The average Bonchev–Trinajstić information content (AvgIpc) is 3.22. The third-order valence-electron chi connectivity index (χ3n) is 4.13. The second-order valence-corrected chi connectivity index (χ2v) is 6.99. The molecule has 1 N–H and O–H groups in total. The molecular weight excluding hydrogens is 351 g/mol. The number of anilines is 1. The van der Waals surface area contributed by atoms with Gasteiger partial charge in [-0.15, -0.1) is 11.3 Å². The van der Waals surface area contributed by atoms with Crippen LogP contribution >= 0.6 is 11.3 Å². The van der Waals surface area contributed by atoms with Crippen molar-refractivity contribution in [3.63, 3.8) is 0 Å². The quantitative estimate of drug-likeness (QED) is 0.585. The van der Waals surface area contributed by atoms with E-state index in [-0.39, 0.29) is 11.7 Å². The number of amides is 1. The molecule has 0 radical (unpaired) electrons. The molecule has 0 atom stereocenters. The predicted molar refractivity (Wildman–Crippen MR) is 101 cm³/mol. The first-order valence-corrected chi connectivity index (χ1v) is 8.79. The molecule has 4 rings (SSSR count). The van der Waals surface area contributed by atoms with Gasteiger partial charge >= 0.3 is 0 Å². The maximum absolute atomic E-state index is 13.4. The van der Waals surface area contributed by atoms with Crippen LogP contribution in [0.1, 0.15) is 16.1 Å². The van der Waals surface area contributed by atoms with Crippen LogP contribution in [0, 0.1) is 12.7 Å². The lowest BCUT2D eigenvalue weighted by Crippen LogP contribution is -2.16. The van der Waals surface area contributed by atoms with Crippen molar-refractivity contribution in [2.24, 2.45) is 7.05 Å². The van der Waals surface area contributed by atoms with E-state index < -0.39 is 0 Å². The molecule has 1 amide bonds. The number of benzene rings is 2. The summed E-state index contributed by atoms with van der Waals surface area (Å²) in [6.07, 6.45) is 1.58. The molecule has 0 aliphatic carbocycles. The molecular formula is C19H15FN4OS. The van der Waals surface area contributed by atoms with Crippen molar-refractivity contribution < 1.29 is 9.18 Å². The van der Waals surface area contributed by atoms with E-state index in [4.69, 9.17) is 0 Å². The number of nitrogens with zero attached hydrogens (tertiary/aromatic N) is 3. The highest BCUT2D eigenvalue weighted by atomic mass is 32.1. The molecule has 2 aromatic carbocycles. The van der Waals surface area contributed by atoms with E-state index in [1.165, 1.54) is 28.2 Å². The topological polar surface area (TPSA) is 59.8 Å². The van der Waals surface area contributed by atoms with E-state index in [0.29, 0.717) is 5.69 Å². The fourth-order valence-electron chi connectivity index (χ4n) is 2.74. The molecule has 0 spiro atoms. The second-order valence-electron chi connectivity index (χ2n) is 5.95. The number of hydrogen-bond acceptors (Lipinski definition) is 4. The molecule has 5 nitrogen and oxygen atoms in total. The lowest BCUT2D eigenvalue weighted by atomic mass is 10.1. The molecule has 0 bridgehead atoms. The summed E-state index contributed by atoms with van der Waals surface area (Å²) in [5, 5.41) is 7.72. The van der Waals surface area contributed by atoms with Crippen molar-refractivity contribution in [2.75, 3.05) is 5.32 Å². The van der Waals surface area contributed by atoms with Crippen LogP contribution in [0.2, 0.25) is 0 Å².